The summed E-state index contributed by atoms with van der Waals surface area (Å²) in [6.07, 6.45) is 4.88. The predicted molar refractivity (Wildman–Crippen MR) is 172 cm³/mol. The van der Waals surface area contributed by atoms with Crippen LogP contribution in [0, 0.1) is 6.92 Å². The van der Waals surface area contributed by atoms with Gasteiger partial charge in [0, 0.05) is 62.0 Å². The van der Waals surface area contributed by atoms with Crippen LogP contribution in [0.15, 0.2) is 71.7 Å². The molecule has 4 heterocycles. The monoisotopic (exact) mass is 600 g/mol. The Kier molecular flexibility index (Phi) is 8.61. The largest absolute Gasteiger partial charge is 0.351 e. The summed E-state index contributed by atoms with van der Waals surface area (Å²) >= 11 is 0. The quantitative estimate of drug-likeness (QED) is 0.309. The third-order valence-electron chi connectivity index (χ3n) is 8.92. The topological polar surface area (TPSA) is 100 Å². The van der Waals surface area contributed by atoms with Gasteiger partial charge in [0.25, 0.3) is 5.56 Å². The molecule has 226 valence electrons. The van der Waals surface area contributed by atoms with E-state index in [2.05, 4.69) is 39.5 Å². The lowest BCUT2D eigenvalue weighted by Crippen LogP contribution is -2.43. The van der Waals surface area contributed by atoms with Crippen LogP contribution < -0.4 is 10.9 Å². The number of hydrogen-bond acceptors (Lipinski definition) is 7. The van der Waals surface area contributed by atoms with Gasteiger partial charge in [-0.3, -0.25) is 14.3 Å². The highest BCUT2D eigenvalue weighted by atomic mass is 32.2. The van der Waals surface area contributed by atoms with Gasteiger partial charge in [-0.05, 0) is 62.3 Å². The second-order valence-corrected chi connectivity index (χ2v) is 14.0. The van der Waals surface area contributed by atoms with E-state index in [9.17, 15) is 13.2 Å². The zero-order chi connectivity index (χ0) is 30.0. The van der Waals surface area contributed by atoms with Crippen LogP contribution in [0.5, 0.6) is 0 Å². The van der Waals surface area contributed by atoms with Gasteiger partial charge in [-0.1, -0.05) is 54.6 Å². The van der Waals surface area contributed by atoms with Crippen LogP contribution in [-0.2, 0) is 16.6 Å². The Labute approximate surface area is 253 Å². The van der Waals surface area contributed by atoms with E-state index >= 15 is 0 Å². The number of rotatable bonds is 8. The van der Waals surface area contributed by atoms with Crippen LogP contribution in [0.1, 0.15) is 49.8 Å². The number of piperidine rings is 2. The molecule has 10 heteroatoms. The first-order valence-electron chi connectivity index (χ1n) is 15.3. The van der Waals surface area contributed by atoms with Crippen LogP contribution in [-0.4, -0.2) is 70.1 Å². The first kappa shape index (κ1) is 29.5. The van der Waals surface area contributed by atoms with Crippen molar-refractivity contribution in [1.82, 2.24) is 23.7 Å². The van der Waals surface area contributed by atoms with Crippen molar-refractivity contribution in [3.8, 4) is 11.1 Å². The molecule has 2 aliphatic heterocycles. The third kappa shape index (κ3) is 6.37. The smallest absolute Gasteiger partial charge is 0.260 e. The average Bonchev–Trinajstić information content (AvgIpc) is 3.03. The van der Waals surface area contributed by atoms with Crippen LogP contribution in [0.3, 0.4) is 0 Å². The minimum Gasteiger partial charge on any atom is -0.351 e. The van der Waals surface area contributed by atoms with Gasteiger partial charge in [0.15, 0.2) is 0 Å². The van der Waals surface area contributed by atoms with Crippen molar-refractivity contribution in [2.24, 2.45) is 0 Å². The highest BCUT2D eigenvalue weighted by Gasteiger charge is 2.28. The summed E-state index contributed by atoms with van der Waals surface area (Å²) < 4.78 is 28.1. The molecule has 4 aromatic rings. The lowest BCUT2D eigenvalue weighted by atomic mass is 9.99. The fourth-order valence-electron chi connectivity index (χ4n) is 6.42. The molecule has 2 aromatic carbocycles. The van der Waals surface area contributed by atoms with Crippen LogP contribution in [0.4, 0.5) is 5.95 Å². The number of aromatic nitrogens is 3. The number of pyridine rings is 1. The second-order valence-electron chi connectivity index (χ2n) is 11.7. The van der Waals surface area contributed by atoms with Gasteiger partial charge in [-0.25, -0.2) is 17.7 Å². The van der Waals surface area contributed by atoms with Crippen molar-refractivity contribution in [2.75, 3.05) is 37.2 Å². The summed E-state index contributed by atoms with van der Waals surface area (Å²) in [7, 11) is -3.19. The summed E-state index contributed by atoms with van der Waals surface area (Å²) in [6.45, 7) is 7.38. The minimum absolute atomic E-state index is 0.0222. The number of fused-ring (bicyclic) bond motifs is 1. The molecule has 43 heavy (non-hydrogen) atoms. The first-order chi connectivity index (χ1) is 20.8. The molecule has 0 saturated carbocycles. The molecule has 0 spiro atoms. The van der Waals surface area contributed by atoms with E-state index in [1.807, 2.05) is 54.1 Å². The number of benzene rings is 2. The molecule has 1 N–H and O–H groups in total. The molecular formula is C33H40N6O3S. The number of sulfonamides is 1. The maximum Gasteiger partial charge on any atom is 0.260 e. The van der Waals surface area contributed by atoms with Crippen LogP contribution >= 0.6 is 0 Å². The second kappa shape index (κ2) is 12.6. The minimum atomic E-state index is -3.19. The lowest BCUT2D eigenvalue weighted by Gasteiger charge is -2.33. The van der Waals surface area contributed by atoms with Crippen LogP contribution in [0.2, 0.25) is 0 Å². The summed E-state index contributed by atoms with van der Waals surface area (Å²) in [6, 6.07) is 20.5. The van der Waals surface area contributed by atoms with Gasteiger partial charge < -0.3 is 5.32 Å². The zero-order valence-corrected chi connectivity index (χ0v) is 25.8. The van der Waals surface area contributed by atoms with E-state index in [0.717, 1.165) is 49.0 Å². The standard InChI is InChI=1S/C33H40N6O3S/c1-3-43(41,42)38-19-13-27(14-20-38)35-33-34-22-26-21-30(29-12-8-7-9-24(29)2)32(40)39(31(26)36-33)28-15-17-37(18-16-28)23-25-10-5-4-6-11-25/h4-12,21-22,27-28H,3,13-20,23H2,1-2H3,(H,34,35,36). The average molecular weight is 601 g/mol. The molecule has 0 amide bonds. The summed E-state index contributed by atoms with van der Waals surface area (Å²) in [5.41, 5.74) is 4.58. The number of nitrogens with one attached hydrogen (secondary N) is 1. The van der Waals surface area contributed by atoms with Gasteiger partial charge in [-0.2, -0.15) is 4.98 Å². The maximum atomic E-state index is 14.3. The maximum absolute atomic E-state index is 14.3. The zero-order valence-electron chi connectivity index (χ0n) is 24.9. The molecule has 2 fully saturated rings. The van der Waals surface area contributed by atoms with E-state index in [0.29, 0.717) is 43.1 Å². The first-order valence-corrected chi connectivity index (χ1v) is 16.9. The SMILES string of the molecule is CCS(=O)(=O)N1CCC(Nc2ncc3cc(-c4ccccc4C)c(=O)n(C4CCN(Cc5ccccc5)CC4)c3n2)CC1. The molecule has 6 rings (SSSR count). The third-order valence-corrected chi connectivity index (χ3v) is 10.8. The number of anilines is 1. The highest BCUT2D eigenvalue weighted by molar-refractivity contribution is 7.89. The van der Waals surface area contributed by atoms with Crippen molar-refractivity contribution < 1.29 is 8.42 Å². The summed E-state index contributed by atoms with van der Waals surface area (Å²) in [5.74, 6) is 0.592. The number of aryl methyl sites for hydroxylation is 1. The highest BCUT2D eigenvalue weighted by Crippen LogP contribution is 2.30. The lowest BCUT2D eigenvalue weighted by molar-refractivity contribution is 0.180. The van der Waals surface area contributed by atoms with E-state index in [1.165, 1.54) is 5.56 Å². The Morgan fingerprint density at radius 2 is 1.60 bits per heavy atom. The molecule has 0 bridgehead atoms. The van der Waals surface area contributed by atoms with Gasteiger partial charge >= 0.3 is 0 Å². The Balaban J connectivity index is 1.30. The molecular weight excluding hydrogens is 560 g/mol. The molecule has 0 radical (unpaired) electrons. The molecule has 0 unspecified atom stereocenters. The number of nitrogens with zero attached hydrogens (tertiary/aromatic N) is 5. The summed E-state index contributed by atoms with van der Waals surface area (Å²) in [5, 5.41) is 4.27. The number of likely N-dealkylation sites (tertiary alicyclic amines) is 1. The Morgan fingerprint density at radius 1 is 0.907 bits per heavy atom. The van der Waals surface area contributed by atoms with Gasteiger partial charge in [-0.15, -0.1) is 0 Å². The van der Waals surface area contributed by atoms with Gasteiger partial charge in [0.1, 0.15) is 5.65 Å². The Morgan fingerprint density at radius 3 is 2.30 bits per heavy atom. The Bertz CT molecular complexity index is 1740. The van der Waals surface area contributed by atoms with E-state index in [4.69, 9.17) is 4.98 Å². The van der Waals surface area contributed by atoms with Crippen molar-refractivity contribution >= 4 is 27.0 Å². The van der Waals surface area contributed by atoms with Gasteiger partial charge in [0.2, 0.25) is 16.0 Å². The molecule has 2 saturated heterocycles. The number of hydrogen-bond donors (Lipinski definition) is 1. The van der Waals surface area contributed by atoms with Crippen LogP contribution in [0.25, 0.3) is 22.2 Å². The summed E-state index contributed by atoms with van der Waals surface area (Å²) in [4.78, 5) is 26.3. The van der Waals surface area contributed by atoms with Crippen molar-refractivity contribution in [3.05, 3.63) is 88.3 Å². The van der Waals surface area contributed by atoms with Crippen molar-refractivity contribution in [3.63, 3.8) is 0 Å². The molecule has 0 aliphatic carbocycles. The molecule has 2 aromatic heterocycles. The van der Waals surface area contributed by atoms with Gasteiger partial charge in [0.05, 0.1) is 5.75 Å². The molecule has 9 nitrogen and oxygen atoms in total. The normalized spacial score (nSPS) is 17.8. The molecule has 2 aliphatic rings. The Hall–Kier alpha value is -3.60. The van der Waals surface area contributed by atoms with E-state index in [1.54, 1.807) is 11.2 Å². The fraction of sp³-hybridized carbons (Fsp3) is 0.424. The van der Waals surface area contributed by atoms with Crippen molar-refractivity contribution in [1.29, 1.82) is 0 Å². The van der Waals surface area contributed by atoms with E-state index < -0.39 is 10.0 Å². The van der Waals surface area contributed by atoms with Crippen molar-refractivity contribution in [2.45, 2.75) is 58.2 Å². The van der Waals surface area contributed by atoms with E-state index in [-0.39, 0.29) is 23.4 Å². The molecule has 0 atom stereocenters. The predicted octanol–water partition coefficient (Wildman–Crippen LogP) is 4.83. The fourth-order valence-corrected chi connectivity index (χ4v) is 7.55.